The zero-order valence-corrected chi connectivity index (χ0v) is 17.3. The monoisotopic (exact) mass is 408 g/mol. The lowest BCUT2D eigenvalue weighted by molar-refractivity contribution is -0.148. The highest BCUT2D eigenvalue weighted by Gasteiger charge is 2.26. The number of benzene rings is 3. The van der Waals surface area contributed by atoms with Gasteiger partial charge in [0.15, 0.2) is 6.79 Å². The number of carbonyl (C=O) groups is 1. The summed E-state index contributed by atoms with van der Waals surface area (Å²) < 4.78 is 15.6. The Hall–Kier alpha value is -2.65. The van der Waals surface area contributed by atoms with Crippen molar-refractivity contribution in [3.63, 3.8) is 0 Å². The van der Waals surface area contributed by atoms with E-state index >= 15 is 0 Å². The normalized spacial score (nSPS) is 11.1. The molecule has 0 aromatic heterocycles. The third kappa shape index (κ3) is 5.24. The predicted octanol–water partition coefficient (Wildman–Crippen LogP) is 2.95. The van der Waals surface area contributed by atoms with Gasteiger partial charge in [-0.1, -0.05) is 91.0 Å². The molecule has 0 unspecified atom stereocenters. The summed E-state index contributed by atoms with van der Waals surface area (Å²) >= 11 is 0. The molecule has 0 aliphatic carbocycles. The average molecular weight is 408 g/mol. The molecule has 5 heteroatoms. The van der Waals surface area contributed by atoms with Crippen LogP contribution in [-0.2, 0) is 19.0 Å². The second-order valence-corrected chi connectivity index (χ2v) is 9.59. The van der Waals surface area contributed by atoms with Crippen LogP contribution < -0.4 is 15.9 Å². The first-order valence-corrected chi connectivity index (χ1v) is 11.3. The Kier molecular flexibility index (Phi) is 7.83. The lowest BCUT2D eigenvalue weighted by atomic mass is 10.4. The molecule has 4 nitrogen and oxygen atoms in total. The fourth-order valence-electron chi connectivity index (χ4n) is 3.16. The fraction of sp³-hybridized carbons (Fsp3) is 0.167. The van der Waals surface area contributed by atoms with E-state index in [4.69, 9.17) is 14.2 Å². The summed E-state index contributed by atoms with van der Waals surface area (Å²) in [5.74, 6) is 1.35. The third-order valence-corrected chi connectivity index (χ3v) is 8.44. The molecule has 0 radical (unpaired) electrons. The van der Waals surface area contributed by atoms with Crippen molar-refractivity contribution in [3.05, 3.63) is 91.0 Å². The molecule has 0 fully saturated rings. The van der Waals surface area contributed by atoms with Crippen molar-refractivity contribution in [2.45, 2.75) is 0 Å². The highest BCUT2D eigenvalue weighted by molar-refractivity contribution is 7.95. The molecule has 0 aliphatic rings. The molecule has 0 saturated heterocycles. The number of carbonyl (C=O) groups excluding carboxylic acids is 1. The van der Waals surface area contributed by atoms with Gasteiger partial charge in [0.1, 0.15) is 0 Å². The highest BCUT2D eigenvalue weighted by atomic mass is 31.2. The molecule has 29 heavy (non-hydrogen) atoms. The van der Waals surface area contributed by atoms with Crippen LogP contribution >= 0.6 is 6.89 Å². The third-order valence-electron chi connectivity index (χ3n) is 4.51. The molecule has 0 saturated carbocycles. The summed E-state index contributed by atoms with van der Waals surface area (Å²) in [7, 11) is 1.60. The van der Waals surface area contributed by atoms with Crippen LogP contribution in [0.4, 0.5) is 0 Å². The number of rotatable bonds is 9. The van der Waals surface area contributed by atoms with Gasteiger partial charge in [-0.25, -0.2) is 4.79 Å². The molecule has 0 N–H and O–H groups in total. The molecule has 150 valence electrons. The molecule has 0 aliphatic heterocycles. The van der Waals surface area contributed by atoms with E-state index in [1.807, 2.05) is 54.6 Å². The van der Waals surface area contributed by atoms with Gasteiger partial charge in [-0.15, -0.1) is 0 Å². The van der Waals surface area contributed by atoms with Crippen LogP contribution in [0.15, 0.2) is 91.0 Å². The lowest BCUT2D eigenvalue weighted by Gasteiger charge is -2.28. The second-order valence-electron chi connectivity index (χ2n) is 6.34. The van der Waals surface area contributed by atoms with E-state index in [2.05, 4.69) is 36.4 Å². The Morgan fingerprint density at radius 3 is 1.62 bits per heavy atom. The number of ether oxygens (including phenoxy) is 3. The van der Waals surface area contributed by atoms with Crippen LogP contribution in [0.2, 0.25) is 0 Å². The minimum Gasteiger partial charge on any atom is -0.435 e. The van der Waals surface area contributed by atoms with Crippen LogP contribution in [0.25, 0.3) is 0 Å². The van der Waals surface area contributed by atoms with Gasteiger partial charge in [0, 0.05) is 12.9 Å². The van der Waals surface area contributed by atoms with Gasteiger partial charge in [-0.2, -0.15) is 0 Å². The van der Waals surface area contributed by atoms with E-state index in [1.165, 1.54) is 0 Å². The van der Waals surface area contributed by atoms with Gasteiger partial charge in [-0.3, -0.25) is 0 Å². The second kappa shape index (κ2) is 10.8. The molecule has 0 bridgehead atoms. The topological polar surface area (TPSA) is 44.8 Å². The van der Waals surface area contributed by atoms with E-state index in [-0.39, 0.29) is 6.79 Å². The number of hydrogen-bond acceptors (Lipinski definition) is 4. The molecule has 3 aromatic carbocycles. The minimum atomic E-state index is -2.35. The summed E-state index contributed by atoms with van der Waals surface area (Å²) in [6, 6.07) is 30.4. The van der Waals surface area contributed by atoms with Crippen molar-refractivity contribution < 1.29 is 19.0 Å². The van der Waals surface area contributed by atoms with Gasteiger partial charge < -0.3 is 14.2 Å². The van der Waals surface area contributed by atoms with Crippen molar-refractivity contribution >= 4 is 34.6 Å². The van der Waals surface area contributed by atoms with Crippen molar-refractivity contribution in [2.75, 3.05) is 27.1 Å². The van der Waals surface area contributed by atoms with Gasteiger partial charge in [-0.05, 0) is 22.8 Å². The Morgan fingerprint density at radius 1 is 0.759 bits per heavy atom. The Morgan fingerprint density at radius 2 is 1.21 bits per heavy atom. The minimum absolute atomic E-state index is 0.100. The Balaban J connectivity index is 2.09. The predicted molar refractivity (Wildman–Crippen MR) is 120 cm³/mol. The molecule has 3 aromatic rings. The smallest absolute Gasteiger partial charge is 0.333 e. The van der Waals surface area contributed by atoms with Gasteiger partial charge in [0.05, 0.1) is 13.2 Å². The zero-order chi connectivity index (χ0) is 20.4. The first kappa shape index (κ1) is 21.1. The standard InChI is InChI=1S/C24H25O4P/c1-26-17-18-27-20-28-24(25)19-29(21-11-5-2-6-12-21,22-13-7-3-8-14-22)23-15-9-4-10-16-23/h2-16,19H,17-18,20H2,1H3. The highest BCUT2D eigenvalue weighted by Crippen LogP contribution is 2.43. The largest absolute Gasteiger partial charge is 0.435 e. The number of methoxy groups -OCH3 is 1. The quantitative estimate of drug-likeness (QED) is 0.236. The summed E-state index contributed by atoms with van der Waals surface area (Å²) in [6.07, 6.45) is 0. The molecule has 0 atom stereocenters. The molecule has 3 rings (SSSR count). The van der Waals surface area contributed by atoms with E-state index in [1.54, 1.807) is 12.9 Å². The van der Waals surface area contributed by atoms with Gasteiger partial charge in [0.2, 0.25) is 0 Å². The van der Waals surface area contributed by atoms with Gasteiger partial charge in [0.25, 0.3) is 0 Å². The lowest BCUT2D eigenvalue weighted by Crippen LogP contribution is -2.29. The fourth-order valence-corrected chi connectivity index (χ4v) is 6.82. The van der Waals surface area contributed by atoms with Crippen molar-refractivity contribution in [1.29, 1.82) is 0 Å². The zero-order valence-electron chi connectivity index (χ0n) is 16.4. The maximum Gasteiger partial charge on any atom is 0.333 e. The first-order chi connectivity index (χ1) is 14.3. The summed E-state index contributed by atoms with van der Waals surface area (Å²) in [5.41, 5.74) is 0. The summed E-state index contributed by atoms with van der Waals surface area (Å²) in [5, 5.41) is 3.28. The molecular weight excluding hydrogens is 383 g/mol. The van der Waals surface area contributed by atoms with E-state index in [0.717, 1.165) is 15.9 Å². The first-order valence-electron chi connectivity index (χ1n) is 9.42. The maximum absolute atomic E-state index is 12.9. The van der Waals surface area contributed by atoms with Crippen LogP contribution in [0, 0.1) is 0 Å². The molecular formula is C24H25O4P. The molecule has 0 amide bonds. The Bertz CT molecular complexity index is 837. The Labute approximate surface area is 172 Å². The van der Waals surface area contributed by atoms with Crippen LogP contribution in [-0.4, -0.2) is 38.9 Å². The van der Waals surface area contributed by atoms with Crippen molar-refractivity contribution in [2.24, 2.45) is 0 Å². The van der Waals surface area contributed by atoms with Crippen LogP contribution in [0.3, 0.4) is 0 Å². The van der Waals surface area contributed by atoms with Crippen molar-refractivity contribution in [3.8, 4) is 0 Å². The van der Waals surface area contributed by atoms with E-state index in [9.17, 15) is 4.79 Å². The van der Waals surface area contributed by atoms with Crippen molar-refractivity contribution in [1.82, 2.24) is 0 Å². The summed E-state index contributed by atoms with van der Waals surface area (Å²) in [4.78, 5) is 12.9. The average Bonchev–Trinajstić information content (AvgIpc) is 2.79. The number of hydrogen-bond donors (Lipinski definition) is 0. The van der Waals surface area contributed by atoms with Gasteiger partial charge >= 0.3 is 5.97 Å². The SMILES string of the molecule is COCCOCOC(=O)C=P(c1ccccc1)(c1ccccc1)c1ccccc1. The van der Waals surface area contributed by atoms with Crippen LogP contribution in [0.1, 0.15) is 0 Å². The van der Waals surface area contributed by atoms with E-state index < -0.39 is 12.9 Å². The molecule has 0 heterocycles. The molecule has 0 spiro atoms. The summed E-state index contributed by atoms with van der Waals surface area (Å²) in [6.45, 7) is -1.62. The maximum atomic E-state index is 12.9. The number of esters is 1. The van der Waals surface area contributed by atoms with Crippen LogP contribution in [0.5, 0.6) is 0 Å². The van der Waals surface area contributed by atoms with E-state index in [0.29, 0.717) is 13.2 Å².